The van der Waals surface area contributed by atoms with Crippen molar-refractivity contribution in [3.05, 3.63) is 24.1 Å². The van der Waals surface area contributed by atoms with Crippen molar-refractivity contribution in [3.63, 3.8) is 0 Å². The second-order valence-corrected chi connectivity index (χ2v) is 4.18. The van der Waals surface area contributed by atoms with E-state index in [1.807, 2.05) is 0 Å². The molecule has 0 aliphatic heterocycles. The monoisotopic (exact) mass is 295 g/mol. The van der Waals surface area contributed by atoms with E-state index in [4.69, 9.17) is 5.73 Å². The molecule has 1 aromatic rings. The lowest BCUT2D eigenvalue weighted by Gasteiger charge is -2.21. The molecule has 1 heterocycles. The molecule has 1 amide bonds. The minimum atomic E-state index is -0.782. The third-order valence-electron chi connectivity index (χ3n) is 2.92. The molecule has 0 bridgehead atoms. The number of nitrogens with two attached hydrogens (primary N) is 1. The van der Waals surface area contributed by atoms with Gasteiger partial charge in [-0.25, -0.2) is 9.37 Å². The normalized spacial score (nSPS) is 16.3. The lowest BCUT2D eigenvalue weighted by Crippen LogP contribution is -2.48. The van der Waals surface area contributed by atoms with E-state index >= 15 is 0 Å². The zero-order chi connectivity index (χ0) is 11.6. The number of hydrogen-bond donors (Lipinski definition) is 2. The molecule has 7 heteroatoms. The smallest absolute Gasteiger partial charge is 0.245 e. The summed E-state index contributed by atoms with van der Waals surface area (Å²) in [4.78, 5) is 15.6. The molecule has 1 aliphatic carbocycles. The fourth-order valence-corrected chi connectivity index (χ4v) is 1.92. The Hall–Kier alpha value is -0.910. The first-order valence-corrected chi connectivity index (χ1v) is 5.32. The highest BCUT2D eigenvalue weighted by Gasteiger charge is 2.37. The lowest BCUT2D eigenvalue weighted by molar-refractivity contribution is -0.121. The third kappa shape index (κ3) is 3.80. The van der Waals surface area contributed by atoms with Crippen LogP contribution in [0.1, 0.15) is 25.7 Å². The second-order valence-electron chi connectivity index (χ2n) is 4.18. The standard InChI is InChI=1S/C11H14FN3O.2ClH/c12-8-3-4-9(14-7-8)15-10(16)11(13)5-1-2-6-11;;/h3-4,7H,1-2,5-6,13H2,(H,14,15,16);2*1H. The van der Waals surface area contributed by atoms with Crippen LogP contribution in [0.4, 0.5) is 10.2 Å². The van der Waals surface area contributed by atoms with Gasteiger partial charge in [0.2, 0.25) is 5.91 Å². The Labute approximate surface area is 117 Å². The van der Waals surface area contributed by atoms with Crippen LogP contribution in [0.3, 0.4) is 0 Å². The van der Waals surface area contributed by atoms with E-state index in [1.165, 1.54) is 12.1 Å². The van der Waals surface area contributed by atoms with Gasteiger partial charge in [0.1, 0.15) is 11.6 Å². The summed E-state index contributed by atoms with van der Waals surface area (Å²) in [6.07, 6.45) is 4.40. The summed E-state index contributed by atoms with van der Waals surface area (Å²) in [7, 11) is 0. The molecule has 102 valence electrons. The van der Waals surface area contributed by atoms with Crippen LogP contribution in [-0.4, -0.2) is 16.4 Å². The number of nitrogens with zero attached hydrogens (tertiary/aromatic N) is 1. The third-order valence-corrected chi connectivity index (χ3v) is 2.92. The minimum Gasteiger partial charge on any atom is -0.317 e. The molecule has 1 aromatic heterocycles. The Morgan fingerprint density at radius 2 is 1.94 bits per heavy atom. The number of amides is 1. The predicted octanol–water partition coefficient (Wildman–Crippen LogP) is 2.27. The topological polar surface area (TPSA) is 68.0 Å². The van der Waals surface area contributed by atoms with Crippen LogP contribution in [-0.2, 0) is 4.79 Å². The Morgan fingerprint density at radius 3 is 2.44 bits per heavy atom. The summed E-state index contributed by atoms with van der Waals surface area (Å²) in [5.41, 5.74) is 5.18. The second kappa shape index (κ2) is 6.87. The first kappa shape index (κ1) is 17.1. The van der Waals surface area contributed by atoms with E-state index in [-0.39, 0.29) is 30.7 Å². The summed E-state index contributed by atoms with van der Waals surface area (Å²) in [6.45, 7) is 0. The summed E-state index contributed by atoms with van der Waals surface area (Å²) in [5, 5.41) is 2.61. The molecule has 1 saturated carbocycles. The molecule has 0 saturated heterocycles. The van der Waals surface area contributed by atoms with Gasteiger partial charge in [-0.15, -0.1) is 24.8 Å². The van der Waals surface area contributed by atoms with Crippen molar-refractivity contribution in [2.75, 3.05) is 5.32 Å². The molecule has 4 nitrogen and oxygen atoms in total. The number of carbonyl (C=O) groups excluding carboxylic acids is 1. The molecule has 3 N–H and O–H groups in total. The summed E-state index contributed by atoms with van der Waals surface area (Å²) in [6, 6.07) is 2.67. The van der Waals surface area contributed by atoms with E-state index in [0.717, 1.165) is 19.0 Å². The first-order chi connectivity index (χ1) is 7.60. The molecular weight excluding hydrogens is 280 g/mol. The Kier molecular flexibility index (Phi) is 6.52. The van der Waals surface area contributed by atoms with Crippen LogP contribution in [0.2, 0.25) is 0 Å². The van der Waals surface area contributed by atoms with E-state index in [9.17, 15) is 9.18 Å². The Bertz CT molecular complexity index is 394. The number of nitrogens with one attached hydrogen (secondary N) is 1. The van der Waals surface area contributed by atoms with Crippen molar-refractivity contribution < 1.29 is 9.18 Å². The number of halogens is 3. The molecule has 0 aromatic carbocycles. The average molecular weight is 296 g/mol. The zero-order valence-corrected chi connectivity index (χ0v) is 11.3. The maximum absolute atomic E-state index is 12.6. The quantitative estimate of drug-likeness (QED) is 0.879. The van der Waals surface area contributed by atoms with Crippen molar-refractivity contribution in [3.8, 4) is 0 Å². The largest absolute Gasteiger partial charge is 0.317 e. The van der Waals surface area contributed by atoms with E-state index < -0.39 is 11.4 Å². The van der Waals surface area contributed by atoms with Crippen LogP contribution in [0.15, 0.2) is 18.3 Å². The average Bonchev–Trinajstić information content (AvgIpc) is 2.70. The number of anilines is 1. The van der Waals surface area contributed by atoms with Crippen molar-refractivity contribution in [1.29, 1.82) is 0 Å². The molecule has 1 fully saturated rings. The predicted molar refractivity (Wildman–Crippen MR) is 72.7 cm³/mol. The number of aromatic nitrogens is 1. The summed E-state index contributed by atoms with van der Waals surface area (Å²) >= 11 is 0. The van der Waals surface area contributed by atoms with Gasteiger partial charge in [0.25, 0.3) is 0 Å². The van der Waals surface area contributed by atoms with Gasteiger partial charge in [0, 0.05) is 0 Å². The highest BCUT2D eigenvalue weighted by Crippen LogP contribution is 2.28. The zero-order valence-electron chi connectivity index (χ0n) is 9.69. The van der Waals surface area contributed by atoms with Crippen LogP contribution >= 0.6 is 24.8 Å². The van der Waals surface area contributed by atoms with Gasteiger partial charge in [0.15, 0.2) is 0 Å². The van der Waals surface area contributed by atoms with Gasteiger partial charge in [-0.3, -0.25) is 4.79 Å². The van der Waals surface area contributed by atoms with Gasteiger partial charge in [-0.1, -0.05) is 12.8 Å². The molecular formula is C11H16Cl2FN3O. The number of carbonyl (C=O) groups is 1. The maximum atomic E-state index is 12.6. The van der Waals surface area contributed by atoms with E-state index in [2.05, 4.69) is 10.3 Å². The van der Waals surface area contributed by atoms with Crippen molar-refractivity contribution >= 4 is 36.5 Å². The van der Waals surface area contributed by atoms with E-state index in [0.29, 0.717) is 18.7 Å². The fourth-order valence-electron chi connectivity index (χ4n) is 1.92. The van der Waals surface area contributed by atoms with Gasteiger partial charge in [0.05, 0.1) is 11.7 Å². The van der Waals surface area contributed by atoms with Crippen LogP contribution in [0, 0.1) is 5.82 Å². The Balaban J connectivity index is 0.00000144. The SMILES string of the molecule is Cl.Cl.NC1(C(=O)Nc2ccc(F)cn2)CCCC1. The summed E-state index contributed by atoms with van der Waals surface area (Å²) in [5.74, 6) is -0.325. The fraction of sp³-hybridized carbons (Fsp3) is 0.455. The molecule has 0 unspecified atom stereocenters. The summed E-state index contributed by atoms with van der Waals surface area (Å²) < 4.78 is 12.6. The Morgan fingerprint density at radius 1 is 1.33 bits per heavy atom. The van der Waals surface area contributed by atoms with Crippen LogP contribution in [0.25, 0.3) is 0 Å². The van der Waals surface area contributed by atoms with Crippen molar-refractivity contribution in [2.45, 2.75) is 31.2 Å². The van der Waals surface area contributed by atoms with Gasteiger partial charge in [-0.05, 0) is 25.0 Å². The number of pyridine rings is 1. The maximum Gasteiger partial charge on any atom is 0.245 e. The van der Waals surface area contributed by atoms with Gasteiger partial charge < -0.3 is 11.1 Å². The van der Waals surface area contributed by atoms with Gasteiger partial charge in [-0.2, -0.15) is 0 Å². The highest BCUT2D eigenvalue weighted by atomic mass is 35.5. The van der Waals surface area contributed by atoms with Crippen molar-refractivity contribution in [1.82, 2.24) is 4.98 Å². The molecule has 2 rings (SSSR count). The number of hydrogen-bond acceptors (Lipinski definition) is 3. The first-order valence-electron chi connectivity index (χ1n) is 5.32. The van der Waals surface area contributed by atoms with Crippen molar-refractivity contribution in [2.24, 2.45) is 5.73 Å². The molecule has 0 spiro atoms. The molecule has 1 aliphatic rings. The molecule has 0 radical (unpaired) electrons. The van der Waals surface area contributed by atoms with E-state index in [1.54, 1.807) is 0 Å². The van der Waals surface area contributed by atoms with Crippen LogP contribution in [0.5, 0.6) is 0 Å². The number of rotatable bonds is 2. The molecule has 18 heavy (non-hydrogen) atoms. The van der Waals surface area contributed by atoms with Gasteiger partial charge >= 0.3 is 0 Å². The minimum absolute atomic E-state index is 0. The van der Waals surface area contributed by atoms with Crippen LogP contribution < -0.4 is 11.1 Å². The molecule has 0 atom stereocenters. The highest BCUT2D eigenvalue weighted by molar-refractivity contribution is 5.97. The lowest BCUT2D eigenvalue weighted by atomic mass is 9.98.